The van der Waals surface area contributed by atoms with E-state index in [1.54, 1.807) is 43.3 Å². The van der Waals surface area contributed by atoms with Crippen molar-refractivity contribution in [1.29, 1.82) is 0 Å². The summed E-state index contributed by atoms with van der Waals surface area (Å²) in [4.78, 5) is 16.0. The van der Waals surface area contributed by atoms with Crippen LogP contribution in [0.25, 0.3) is 22.2 Å². The number of carboxylic acid groups (broad SMARTS) is 1. The first-order chi connectivity index (χ1) is 11.1. The van der Waals surface area contributed by atoms with Crippen LogP contribution in [0.15, 0.2) is 48.5 Å². The van der Waals surface area contributed by atoms with Gasteiger partial charge in [0.15, 0.2) is 0 Å². The normalized spacial score (nSPS) is 10.7. The molecule has 116 valence electrons. The molecule has 1 heterocycles. The average molecular weight is 308 g/mol. The molecule has 0 bridgehead atoms. The van der Waals surface area contributed by atoms with Crippen molar-refractivity contribution in [3.8, 4) is 22.8 Å². The smallest absolute Gasteiger partial charge is 0.336 e. The zero-order chi connectivity index (χ0) is 16.4. The lowest BCUT2D eigenvalue weighted by Gasteiger charge is -2.15. The number of nitrogens with zero attached hydrogens (tertiary/aromatic N) is 1. The molecule has 2 aromatic carbocycles. The maximum atomic E-state index is 11.7. The molecule has 5 nitrogen and oxygen atoms in total. The molecule has 23 heavy (non-hydrogen) atoms. The van der Waals surface area contributed by atoms with Gasteiger partial charge in [0.05, 0.1) is 23.4 Å². The van der Waals surface area contributed by atoms with Crippen molar-refractivity contribution in [2.45, 2.75) is 6.92 Å². The number of pyridine rings is 1. The summed E-state index contributed by atoms with van der Waals surface area (Å²) in [5.41, 5.74) is 1.89. The Kier molecular flexibility index (Phi) is 3.85. The molecule has 0 radical (unpaired) electrons. The third-order valence-electron chi connectivity index (χ3n) is 3.49. The van der Waals surface area contributed by atoms with Gasteiger partial charge >= 0.3 is 5.97 Å². The van der Waals surface area contributed by atoms with Crippen LogP contribution in [0.3, 0.4) is 0 Å². The Morgan fingerprint density at radius 3 is 2.74 bits per heavy atom. The lowest BCUT2D eigenvalue weighted by Crippen LogP contribution is -2.01. The van der Waals surface area contributed by atoms with Crippen LogP contribution in [0.4, 0.5) is 0 Å². The van der Waals surface area contributed by atoms with Crippen LogP contribution in [-0.4, -0.2) is 22.7 Å². The van der Waals surface area contributed by atoms with Gasteiger partial charge in [0.25, 0.3) is 0 Å². The number of benzene rings is 2. The minimum absolute atomic E-state index is 0.176. The number of aromatic nitrogens is 1. The fourth-order valence-corrected chi connectivity index (χ4v) is 2.44. The van der Waals surface area contributed by atoms with Crippen LogP contribution < -0.4 is 9.84 Å². The monoisotopic (exact) mass is 308 g/mol. The molecule has 0 aliphatic rings. The van der Waals surface area contributed by atoms with E-state index >= 15 is 0 Å². The van der Waals surface area contributed by atoms with Gasteiger partial charge in [-0.15, -0.1) is 0 Å². The predicted molar refractivity (Wildman–Crippen MR) is 84.8 cm³/mol. The number of ether oxygens (including phenoxy) is 1. The van der Waals surface area contributed by atoms with Crippen molar-refractivity contribution >= 4 is 16.9 Å². The zero-order valence-corrected chi connectivity index (χ0v) is 12.4. The van der Waals surface area contributed by atoms with E-state index in [-0.39, 0.29) is 17.1 Å². The third-order valence-corrected chi connectivity index (χ3v) is 3.49. The molecule has 0 spiro atoms. The Morgan fingerprint density at radius 2 is 2.00 bits per heavy atom. The van der Waals surface area contributed by atoms with Crippen LogP contribution in [-0.2, 0) is 0 Å². The van der Waals surface area contributed by atoms with E-state index in [0.29, 0.717) is 28.8 Å². The molecule has 0 saturated heterocycles. The molecule has 0 aliphatic heterocycles. The van der Waals surface area contributed by atoms with E-state index in [1.807, 2.05) is 0 Å². The van der Waals surface area contributed by atoms with Gasteiger partial charge in [-0.1, -0.05) is 36.1 Å². The molecular formula is C18H14NO4-. The number of carbonyl (C=O) groups is 1. The summed E-state index contributed by atoms with van der Waals surface area (Å²) in [7, 11) is 0. The Morgan fingerprint density at radius 1 is 1.22 bits per heavy atom. The summed E-state index contributed by atoms with van der Waals surface area (Å²) in [6, 6.07) is 13.2. The first-order valence-electron chi connectivity index (χ1n) is 7.17. The van der Waals surface area contributed by atoms with Crippen molar-refractivity contribution in [3.05, 3.63) is 54.1 Å². The lowest BCUT2D eigenvalue weighted by molar-refractivity contribution is -0.270. The molecule has 3 aromatic rings. The maximum absolute atomic E-state index is 11.7. The summed E-state index contributed by atoms with van der Waals surface area (Å²) in [5, 5.41) is 21.8. The Labute approximate surface area is 132 Å². The second-order valence-electron chi connectivity index (χ2n) is 4.97. The van der Waals surface area contributed by atoms with Gasteiger partial charge in [0.2, 0.25) is 0 Å². The van der Waals surface area contributed by atoms with Crippen molar-refractivity contribution in [1.82, 2.24) is 4.98 Å². The lowest BCUT2D eigenvalue weighted by atomic mass is 10.0. The molecule has 0 atom stereocenters. The highest BCUT2D eigenvalue weighted by Gasteiger charge is 2.13. The van der Waals surface area contributed by atoms with E-state index in [4.69, 9.17) is 4.74 Å². The number of aromatic carboxylic acids is 1. The van der Waals surface area contributed by atoms with Crippen molar-refractivity contribution in [3.63, 3.8) is 0 Å². The quantitative estimate of drug-likeness (QED) is 0.801. The highest BCUT2D eigenvalue weighted by Crippen LogP contribution is 2.31. The van der Waals surface area contributed by atoms with Crippen molar-refractivity contribution in [2.24, 2.45) is 0 Å². The van der Waals surface area contributed by atoms with Crippen LogP contribution >= 0.6 is 0 Å². The molecule has 1 aromatic heterocycles. The number of hydrogen-bond donors (Lipinski definition) is 1. The van der Waals surface area contributed by atoms with Gasteiger partial charge in [-0.25, -0.2) is 9.78 Å². The highest BCUT2D eigenvalue weighted by molar-refractivity contribution is 6.03. The van der Waals surface area contributed by atoms with Gasteiger partial charge in [-0.05, 0) is 25.1 Å². The zero-order valence-electron chi connectivity index (χ0n) is 12.4. The molecule has 5 heteroatoms. The second-order valence-corrected chi connectivity index (χ2v) is 4.97. The first kappa shape index (κ1) is 14.8. The molecule has 1 N–H and O–H groups in total. The number of fused-ring (bicyclic) bond motifs is 1. The molecule has 0 aliphatic carbocycles. The van der Waals surface area contributed by atoms with Gasteiger partial charge in [-0.3, -0.25) is 0 Å². The number of rotatable bonds is 4. The first-order valence-corrected chi connectivity index (χ1v) is 7.17. The third kappa shape index (κ3) is 2.81. The molecule has 0 saturated carbocycles. The fourth-order valence-electron chi connectivity index (χ4n) is 2.44. The fraction of sp³-hybridized carbons (Fsp3) is 0.111. The summed E-state index contributed by atoms with van der Waals surface area (Å²) < 4.78 is 5.31. The molecule has 3 rings (SSSR count). The summed E-state index contributed by atoms with van der Waals surface area (Å²) in [6.07, 6.45) is 0. The maximum Gasteiger partial charge on any atom is 0.336 e. The van der Waals surface area contributed by atoms with Crippen molar-refractivity contribution in [2.75, 3.05) is 6.61 Å². The highest BCUT2D eigenvalue weighted by atomic mass is 16.5. The van der Waals surface area contributed by atoms with Crippen LogP contribution in [0.1, 0.15) is 17.3 Å². The Hall–Kier alpha value is -3.08. The minimum atomic E-state index is -1.02. The molecule has 0 amide bonds. The van der Waals surface area contributed by atoms with Crippen LogP contribution in [0, 0.1) is 0 Å². The van der Waals surface area contributed by atoms with E-state index in [0.717, 1.165) is 0 Å². The Bertz CT molecular complexity index is 889. The molecule has 0 fully saturated rings. The molecule has 0 unspecified atom stereocenters. The van der Waals surface area contributed by atoms with Crippen LogP contribution in [0.5, 0.6) is 11.5 Å². The number of hydrogen-bond acceptors (Lipinski definition) is 4. The van der Waals surface area contributed by atoms with Gasteiger partial charge in [-0.2, -0.15) is 0 Å². The van der Waals surface area contributed by atoms with Crippen LogP contribution in [0.2, 0.25) is 0 Å². The van der Waals surface area contributed by atoms with Gasteiger partial charge in [0.1, 0.15) is 5.75 Å². The summed E-state index contributed by atoms with van der Waals surface area (Å²) >= 11 is 0. The van der Waals surface area contributed by atoms with Gasteiger partial charge < -0.3 is 14.9 Å². The van der Waals surface area contributed by atoms with E-state index < -0.39 is 5.97 Å². The predicted octanol–water partition coefficient (Wildman–Crippen LogP) is 3.07. The topological polar surface area (TPSA) is 82.5 Å². The largest absolute Gasteiger partial charge is 0.870 e. The average Bonchev–Trinajstić information content (AvgIpc) is 2.56. The number of para-hydroxylation sites is 1. The van der Waals surface area contributed by atoms with E-state index in [2.05, 4.69) is 4.98 Å². The summed E-state index contributed by atoms with van der Waals surface area (Å²) in [6.45, 7) is 2.17. The Balaban J connectivity index is 2.20. The second kappa shape index (κ2) is 5.96. The SMILES string of the molecule is CCOc1cc(-c2cc(C(=O)O)c3ccccc3n2)ccc1[O-]. The van der Waals surface area contributed by atoms with E-state index in [1.165, 1.54) is 12.1 Å². The van der Waals surface area contributed by atoms with Gasteiger partial charge in [0, 0.05) is 10.9 Å². The standard InChI is InChI=1S/C18H15NO4/c1-2-23-17-9-11(7-8-16(17)20)15-10-13(18(21)22)12-5-3-4-6-14(12)19-15/h3-10,20H,2H2,1H3,(H,21,22)/p-1. The van der Waals surface area contributed by atoms with E-state index in [9.17, 15) is 15.0 Å². The summed E-state index contributed by atoms with van der Waals surface area (Å²) in [5.74, 6) is -0.998. The molecular weight excluding hydrogens is 294 g/mol. The number of carboxylic acids is 1. The minimum Gasteiger partial charge on any atom is -0.870 e. The van der Waals surface area contributed by atoms with Crippen molar-refractivity contribution < 1.29 is 19.7 Å².